The normalized spacial score (nSPS) is 11.3. The lowest BCUT2D eigenvalue weighted by molar-refractivity contribution is -0.140. The Labute approximate surface area is 164 Å². The van der Waals surface area contributed by atoms with E-state index >= 15 is 0 Å². The van der Waals surface area contributed by atoms with Crippen molar-refractivity contribution in [3.63, 3.8) is 0 Å². The fourth-order valence-electron chi connectivity index (χ4n) is 2.45. The monoisotopic (exact) mass is 403 g/mol. The van der Waals surface area contributed by atoms with Crippen LogP contribution in [-0.2, 0) is 20.9 Å². The van der Waals surface area contributed by atoms with Gasteiger partial charge in [0.05, 0.1) is 6.42 Å². The van der Waals surface area contributed by atoms with Gasteiger partial charge in [0.1, 0.15) is 24.9 Å². The third-order valence-corrected chi connectivity index (χ3v) is 3.85. The Balaban J connectivity index is 2.11. The smallest absolute Gasteiger partial charge is 0.305 e. The first-order valence-electron chi connectivity index (χ1n) is 8.47. The van der Waals surface area contributed by atoms with Gasteiger partial charge >= 0.3 is 5.97 Å². The summed E-state index contributed by atoms with van der Waals surface area (Å²) < 4.78 is 13.5. The van der Waals surface area contributed by atoms with Gasteiger partial charge in [0.15, 0.2) is 5.78 Å². The zero-order valence-corrected chi connectivity index (χ0v) is 15.1. The van der Waals surface area contributed by atoms with Crippen LogP contribution in [0.15, 0.2) is 53.5 Å². The fourth-order valence-corrected chi connectivity index (χ4v) is 2.45. The number of rotatable bonds is 9. The number of alkyl halides is 1. The van der Waals surface area contributed by atoms with Gasteiger partial charge in [-0.15, -0.1) is 0 Å². The topological polar surface area (TPSA) is 135 Å². The lowest BCUT2D eigenvalue weighted by Gasteiger charge is -2.15. The summed E-state index contributed by atoms with van der Waals surface area (Å²) in [5, 5.41) is 13.3. The molecule has 2 aromatic rings. The largest absolute Gasteiger partial charge is 0.481 e. The number of carbonyl (C=O) groups excluding carboxylic acids is 3. The van der Waals surface area contributed by atoms with E-state index in [2.05, 4.69) is 10.6 Å². The molecule has 1 aromatic carbocycles. The van der Waals surface area contributed by atoms with Crippen molar-refractivity contribution in [3.8, 4) is 0 Å². The van der Waals surface area contributed by atoms with Gasteiger partial charge in [0.2, 0.25) is 5.91 Å². The summed E-state index contributed by atoms with van der Waals surface area (Å²) in [5.41, 5.74) is -0.420. The number of amides is 2. The maximum atomic E-state index is 12.6. The SMILES string of the molecule is O=C(O)CC(NC(=O)Cn1cccc(NC(=O)c2ccccc2)c1=O)C(=O)CF. The van der Waals surface area contributed by atoms with Crippen molar-refractivity contribution >= 4 is 29.3 Å². The van der Waals surface area contributed by atoms with Crippen LogP contribution in [0.1, 0.15) is 16.8 Å². The van der Waals surface area contributed by atoms with Crippen LogP contribution in [0.25, 0.3) is 0 Å². The molecule has 1 unspecified atom stereocenters. The number of nitrogens with zero attached hydrogens (tertiary/aromatic N) is 1. The van der Waals surface area contributed by atoms with Crippen LogP contribution in [0.2, 0.25) is 0 Å². The Kier molecular flexibility index (Phi) is 7.35. The number of aromatic nitrogens is 1. The van der Waals surface area contributed by atoms with Gasteiger partial charge in [-0.1, -0.05) is 18.2 Å². The highest BCUT2D eigenvalue weighted by atomic mass is 19.1. The molecule has 1 aromatic heterocycles. The third-order valence-electron chi connectivity index (χ3n) is 3.85. The number of aliphatic carboxylic acids is 1. The van der Waals surface area contributed by atoms with Gasteiger partial charge in [-0.05, 0) is 24.3 Å². The van der Waals surface area contributed by atoms with Crippen LogP contribution in [-0.4, -0.2) is 46.0 Å². The number of nitrogens with one attached hydrogen (secondary N) is 2. The summed E-state index contributed by atoms with van der Waals surface area (Å²) in [6, 6.07) is 9.43. The standard InChI is InChI=1S/C19H18FN3O6/c20-10-15(24)14(9-17(26)27)21-16(25)11-23-8-4-7-13(19(23)29)22-18(28)12-5-2-1-3-6-12/h1-8,14H,9-11H2,(H,21,25)(H,22,28)(H,26,27). The minimum Gasteiger partial charge on any atom is -0.481 e. The molecule has 3 N–H and O–H groups in total. The predicted octanol–water partition coefficient (Wildman–Crippen LogP) is 0.599. The highest BCUT2D eigenvalue weighted by molar-refractivity contribution is 6.04. The van der Waals surface area contributed by atoms with Gasteiger partial charge in [-0.3, -0.25) is 24.0 Å². The predicted molar refractivity (Wildman–Crippen MR) is 100 cm³/mol. The van der Waals surface area contributed by atoms with Crippen LogP contribution < -0.4 is 16.2 Å². The molecular formula is C19H18FN3O6. The van der Waals surface area contributed by atoms with Gasteiger partial charge < -0.3 is 20.3 Å². The second-order valence-electron chi connectivity index (χ2n) is 5.99. The summed E-state index contributed by atoms with van der Waals surface area (Å²) in [6.07, 6.45) is 0.500. The number of halogens is 1. The van der Waals surface area contributed by atoms with Crippen molar-refractivity contribution in [3.05, 3.63) is 64.6 Å². The van der Waals surface area contributed by atoms with E-state index < -0.39 is 54.8 Å². The Bertz CT molecular complexity index is 973. The van der Waals surface area contributed by atoms with Crippen molar-refractivity contribution < 1.29 is 28.7 Å². The summed E-state index contributed by atoms with van der Waals surface area (Å²) >= 11 is 0. The first-order chi connectivity index (χ1) is 13.8. The zero-order chi connectivity index (χ0) is 21.4. The van der Waals surface area contributed by atoms with Crippen molar-refractivity contribution in [1.82, 2.24) is 9.88 Å². The van der Waals surface area contributed by atoms with Crippen LogP contribution in [0.3, 0.4) is 0 Å². The van der Waals surface area contributed by atoms with Crippen molar-refractivity contribution in [2.75, 3.05) is 12.0 Å². The molecule has 0 saturated carbocycles. The van der Waals surface area contributed by atoms with Crippen molar-refractivity contribution in [2.45, 2.75) is 19.0 Å². The molecule has 0 aliphatic carbocycles. The molecule has 0 saturated heterocycles. The van der Waals surface area contributed by atoms with E-state index in [4.69, 9.17) is 5.11 Å². The van der Waals surface area contributed by atoms with Crippen LogP contribution >= 0.6 is 0 Å². The molecule has 2 amide bonds. The average Bonchev–Trinajstić information content (AvgIpc) is 2.70. The summed E-state index contributed by atoms with van der Waals surface area (Å²) in [7, 11) is 0. The van der Waals surface area contributed by atoms with E-state index in [9.17, 15) is 28.4 Å². The highest BCUT2D eigenvalue weighted by Gasteiger charge is 2.23. The number of carboxylic acids is 1. The lowest BCUT2D eigenvalue weighted by atomic mass is 10.1. The number of carboxylic acid groups (broad SMARTS) is 1. The van der Waals surface area contributed by atoms with Crippen LogP contribution in [0, 0.1) is 0 Å². The number of pyridine rings is 1. The Morgan fingerprint density at radius 1 is 1.07 bits per heavy atom. The Hall–Kier alpha value is -3.82. The summed E-state index contributed by atoms with van der Waals surface area (Å²) in [5.74, 6) is -3.84. The first kappa shape index (κ1) is 21.5. The number of ketones is 1. The van der Waals surface area contributed by atoms with Gasteiger partial charge in [0.25, 0.3) is 11.5 Å². The number of hydrogen-bond acceptors (Lipinski definition) is 5. The lowest BCUT2D eigenvalue weighted by Crippen LogP contribution is -2.45. The molecule has 0 spiro atoms. The Morgan fingerprint density at radius 3 is 2.38 bits per heavy atom. The highest BCUT2D eigenvalue weighted by Crippen LogP contribution is 2.05. The van der Waals surface area contributed by atoms with Crippen molar-refractivity contribution in [2.24, 2.45) is 0 Å². The summed E-state index contributed by atoms with van der Waals surface area (Å²) in [4.78, 5) is 59.0. The molecule has 0 radical (unpaired) electrons. The molecule has 1 atom stereocenters. The number of carbonyl (C=O) groups is 4. The maximum absolute atomic E-state index is 12.6. The number of benzene rings is 1. The molecule has 152 valence electrons. The van der Waals surface area contributed by atoms with E-state index in [1.807, 2.05) is 0 Å². The molecule has 1 heterocycles. The van der Waals surface area contributed by atoms with Gasteiger partial charge in [-0.2, -0.15) is 0 Å². The minimum atomic E-state index is -1.54. The van der Waals surface area contributed by atoms with E-state index in [0.29, 0.717) is 5.56 Å². The second-order valence-corrected chi connectivity index (χ2v) is 5.99. The molecule has 0 fully saturated rings. The molecule has 9 nitrogen and oxygen atoms in total. The van der Waals surface area contributed by atoms with Crippen LogP contribution in [0.4, 0.5) is 10.1 Å². The van der Waals surface area contributed by atoms with Gasteiger partial charge in [0, 0.05) is 11.8 Å². The molecule has 0 aliphatic rings. The van der Waals surface area contributed by atoms with Crippen molar-refractivity contribution in [1.29, 1.82) is 0 Å². The van der Waals surface area contributed by atoms with E-state index in [1.54, 1.807) is 30.3 Å². The first-order valence-corrected chi connectivity index (χ1v) is 8.47. The maximum Gasteiger partial charge on any atom is 0.305 e. The zero-order valence-electron chi connectivity index (χ0n) is 15.1. The Morgan fingerprint density at radius 2 is 1.76 bits per heavy atom. The van der Waals surface area contributed by atoms with E-state index in [0.717, 1.165) is 4.57 Å². The number of Topliss-reactive ketones (excluding diaryl/α,β-unsaturated/α-hetero) is 1. The molecular weight excluding hydrogens is 385 g/mol. The number of hydrogen-bond donors (Lipinski definition) is 3. The molecule has 0 bridgehead atoms. The molecule has 0 aliphatic heterocycles. The summed E-state index contributed by atoms with van der Waals surface area (Å²) in [6.45, 7) is -1.98. The van der Waals surface area contributed by atoms with Gasteiger partial charge in [-0.25, -0.2) is 4.39 Å². The van der Waals surface area contributed by atoms with E-state index in [-0.39, 0.29) is 5.69 Å². The molecule has 29 heavy (non-hydrogen) atoms. The quantitative estimate of drug-likeness (QED) is 0.561. The number of anilines is 1. The fraction of sp³-hybridized carbons (Fsp3) is 0.211. The molecule has 10 heteroatoms. The van der Waals surface area contributed by atoms with E-state index in [1.165, 1.54) is 18.3 Å². The second kappa shape index (κ2) is 9.93. The third kappa shape index (κ3) is 6.09. The van der Waals surface area contributed by atoms with Crippen LogP contribution in [0.5, 0.6) is 0 Å². The molecule has 2 rings (SSSR count). The minimum absolute atomic E-state index is 0.0731. The average molecular weight is 403 g/mol.